The Bertz CT molecular complexity index is 1120. The third kappa shape index (κ3) is 4.58. The Balaban J connectivity index is 1.40. The number of carbonyl (C=O) groups excluding carboxylic acids is 3. The molecule has 2 N–H and O–H groups in total. The van der Waals surface area contributed by atoms with Gasteiger partial charge < -0.3 is 20.3 Å². The highest BCUT2D eigenvalue weighted by Gasteiger charge is 2.49. The van der Waals surface area contributed by atoms with Crippen molar-refractivity contribution in [2.75, 3.05) is 29.9 Å². The number of imide groups is 1. The van der Waals surface area contributed by atoms with Crippen molar-refractivity contribution < 1.29 is 27.9 Å². The van der Waals surface area contributed by atoms with Gasteiger partial charge in [-0.15, -0.1) is 0 Å². The van der Waals surface area contributed by atoms with Crippen LogP contribution in [0.5, 0.6) is 0 Å². The van der Waals surface area contributed by atoms with Crippen LogP contribution < -0.4 is 15.5 Å². The fraction of sp³-hybridized carbons (Fsp3) is 0.375. The number of nitrogens with zero attached hydrogens (tertiary/aromatic N) is 2. The van der Waals surface area contributed by atoms with Crippen LogP contribution in [0, 0.1) is 11.6 Å². The number of carbonyl (C=O) groups is 3. The largest absolute Gasteiger partial charge is 0.372 e. The number of amides is 4. The van der Waals surface area contributed by atoms with E-state index in [1.54, 1.807) is 12.1 Å². The molecule has 0 aromatic heterocycles. The zero-order valence-corrected chi connectivity index (χ0v) is 19.1. The van der Waals surface area contributed by atoms with E-state index < -0.39 is 41.6 Å². The van der Waals surface area contributed by atoms with E-state index in [4.69, 9.17) is 4.74 Å². The van der Waals surface area contributed by atoms with Crippen LogP contribution in [0.1, 0.15) is 26.3 Å². The van der Waals surface area contributed by atoms with E-state index in [0.717, 1.165) is 35.8 Å². The Morgan fingerprint density at radius 3 is 2.35 bits per heavy atom. The number of morpholine rings is 1. The molecule has 2 aliphatic heterocycles. The second-order valence-electron chi connectivity index (χ2n) is 8.83. The second-order valence-corrected chi connectivity index (χ2v) is 8.83. The van der Waals surface area contributed by atoms with E-state index in [-0.39, 0.29) is 17.8 Å². The van der Waals surface area contributed by atoms with Gasteiger partial charge in [-0.1, -0.05) is 6.07 Å². The van der Waals surface area contributed by atoms with Crippen LogP contribution in [0.4, 0.5) is 25.0 Å². The lowest BCUT2D eigenvalue weighted by atomic mass is 9.92. The van der Waals surface area contributed by atoms with Gasteiger partial charge in [0.2, 0.25) is 5.91 Å². The standard InChI is InChI=1S/C24H26F2N4O4/c1-14-11-29(12-15(2)34-14)18-7-5-17(6-8-18)27-21(31)13-30-22(32)24(3,28-23(30)33)16-4-9-19(25)20(26)10-16/h4-10,14-15H,11-13H2,1-3H3,(H,27,31)(H,28,33). The molecule has 3 unspecified atom stereocenters. The Morgan fingerprint density at radius 1 is 1.09 bits per heavy atom. The molecule has 34 heavy (non-hydrogen) atoms. The zero-order chi connectivity index (χ0) is 24.6. The first-order valence-electron chi connectivity index (χ1n) is 11.0. The van der Waals surface area contributed by atoms with Crippen LogP contribution in [-0.4, -0.2) is 54.6 Å². The van der Waals surface area contributed by atoms with Crippen molar-refractivity contribution in [3.63, 3.8) is 0 Å². The van der Waals surface area contributed by atoms with E-state index in [1.807, 2.05) is 26.0 Å². The fourth-order valence-corrected chi connectivity index (χ4v) is 4.33. The van der Waals surface area contributed by atoms with E-state index in [2.05, 4.69) is 15.5 Å². The third-order valence-electron chi connectivity index (χ3n) is 6.01. The molecule has 4 rings (SSSR count). The number of urea groups is 1. The minimum Gasteiger partial charge on any atom is -0.372 e. The molecule has 8 nitrogen and oxygen atoms in total. The Kier molecular flexibility index (Phi) is 6.26. The monoisotopic (exact) mass is 472 g/mol. The van der Waals surface area contributed by atoms with Gasteiger partial charge in [0.05, 0.1) is 12.2 Å². The van der Waals surface area contributed by atoms with Crippen molar-refractivity contribution in [3.8, 4) is 0 Å². The van der Waals surface area contributed by atoms with Gasteiger partial charge in [0, 0.05) is 24.5 Å². The smallest absolute Gasteiger partial charge is 0.325 e. The summed E-state index contributed by atoms with van der Waals surface area (Å²) in [7, 11) is 0. The van der Waals surface area contributed by atoms with Crippen molar-refractivity contribution in [3.05, 3.63) is 59.7 Å². The molecule has 3 atom stereocenters. The molecule has 10 heteroatoms. The van der Waals surface area contributed by atoms with Gasteiger partial charge in [-0.2, -0.15) is 0 Å². The lowest BCUT2D eigenvalue weighted by molar-refractivity contribution is -0.133. The maximum absolute atomic E-state index is 13.7. The summed E-state index contributed by atoms with van der Waals surface area (Å²) in [5, 5.41) is 5.14. The van der Waals surface area contributed by atoms with Crippen LogP contribution in [-0.2, 0) is 19.9 Å². The molecule has 0 radical (unpaired) electrons. The summed E-state index contributed by atoms with van der Waals surface area (Å²) in [5.74, 6) is -3.51. The van der Waals surface area contributed by atoms with Gasteiger partial charge in [-0.25, -0.2) is 13.6 Å². The first kappa shape index (κ1) is 23.6. The average molecular weight is 472 g/mol. The van der Waals surface area contributed by atoms with E-state index >= 15 is 0 Å². The number of nitrogens with one attached hydrogen (secondary N) is 2. The molecular formula is C24H26F2N4O4. The van der Waals surface area contributed by atoms with Crippen molar-refractivity contribution >= 4 is 29.2 Å². The van der Waals surface area contributed by atoms with Gasteiger partial charge in [0.15, 0.2) is 11.6 Å². The van der Waals surface area contributed by atoms with Gasteiger partial charge >= 0.3 is 6.03 Å². The molecule has 2 aromatic carbocycles. The number of halogens is 2. The normalized spacial score (nSPS) is 24.9. The van der Waals surface area contributed by atoms with Gasteiger partial charge in [-0.05, 0) is 62.7 Å². The summed E-state index contributed by atoms with van der Waals surface area (Å²) in [6, 6.07) is 9.42. The number of rotatable bonds is 5. The van der Waals surface area contributed by atoms with Crippen LogP contribution in [0.2, 0.25) is 0 Å². The highest BCUT2D eigenvalue weighted by atomic mass is 19.2. The van der Waals surface area contributed by atoms with E-state index in [1.165, 1.54) is 13.0 Å². The van der Waals surface area contributed by atoms with Crippen LogP contribution in [0.15, 0.2) is 42.5 Å². The van der Waals surface area contributed by atoms with Crippen molar-refractivity contribution in [2.24, 2.45) is 0 Å². The summed E-state index contributed by atoms with van der Waals surface area (Å²) >= 11 is 0. The minimum absolute atomic E-state index is 0.0787. The van der Waals surface area contributed by atoms with Crippen molar-refractivity contribution in [2.45, 2.75) is 38.5 Å². The van der Waals surface area contributed by atoms with E-state index in [0.29, 0.717) is 5.69 Å². The van der Waals surface area contributed by atoms with Gasteiger partial charge in [-0.3, -0.25) is 14.5 Å². The maximum atomic E-state index is 13.7. The predicted molar refractivity (Wildman–Crippen MR) is 121 cm³/mol. The first-order valence-corrected chi connectivity index (χ1v) is 11.0. The molecule has 0 bridgehead atoms. The first-order chi connectivity index (χ1) is 16.1. The molecule has 2 fully saturated rings. The van der Waals surface area contributed by atoms with E-state index in [9.17, 15) is 23.2 Å². The highest BCUT2D eigenvalue weighted by molar-refractivity contribution is 6.10. The minimum atomic E-state index is -1.61. The second kappa shape index (κ2) is 9.02. The number of ether oxygens (including phenoxy) is 1. The molecule has 2 heterocycles. The van der Waals surface area contributed by atoms with Crippen molar-refractivity contribution in [1.82, 2.24) is 10.2 Å². The van der Waals surface area contributed by atoms with Crippen LogP contribution in [0.25, 0.3) is 0 Å². The third-order valence-corrected chi connectivity index (χ3v) is 6.01. The molecule has 180 valence electrons. The highest BCUT2D eigenvalue weighted by Crippen LogP contribution is 2.30. The molecule has 2 aromatic rings. The Morgan fingerprint density at radius 2 is 1.74 bits per heavy atom. The van der Waals surface area contributed by atoms with Gasteiger partial charge in [0.1, 0.15) is 12.1 Å². The summed E-state index contributed by atoms with van der Waals surface area (Å²) in [4.78, 5) is 40.9. The zero-order valence-electron chi connectivity index (χ0n) is 19.1. The average Bonchev–Trinajstić information content (AvgIpc) is 2.99. The van der Waals surface area contributed by atoms with Gasteiger partial charge in [0.25, 0.3) is 5.91 Å². The number of hydrogen-bond acceptors (Lipinski definition) is 5. The fourth-order valence-electron chi connectivity index (χ4n) is 4.33. The topological polar surface area (TPSA) is 91.0 Å². The molecule has 0 saturated carbocycles. The summed E-state index contributed by atoms with van der Waals surface area (Å²) in [6.07, 6.45) is 0.230. The maximum Gasteiger partial charge on any atom is 0.325 e. The quantitative estimate of drug-likeness (QED) is 0.653. The lowest BCUT2D eigenvalue weighted by Crippen LogP contribution is -2.45. The SMILES string of the molecule is CC1CN(c2ccc(NC(=O)CN3C(=O)NC(C)(c4ccc(F)c(F)c4)C3=O)cc2)CC(C)O1. The molecule has 2 saturated heterocycles. The summed E-state index contributed by atoms with van der Waals surface area (Å²) in [5.41, 5.74) is -0.0232. The predicted octanol–water partition coefficient (Wildman–Crippen LogP) is 2.98. The van der Waals surface area contributed by atoms with Crippen molar-refractivity contribution in [1.29, 1.82) is 0 Å². The van der Waals surface area contributed by atoms with Crippen LogP contribution in [0.3, 0.4) is 0 Å². The Labute approximate surface area is 195 Å². The molecule has 0 aliphatic carbocycles. The Hall–Kier alpha value is -3.53. The lowest BCUT2D eigenvalue weighted by Gasteiger charge is -2.36. The molecule has 2 aliphatic rings. The summed E-state index contributed by atoms with van der Waals surface area (Å²) < 4.78 is 32.7. The molecular weight excluding hydrogens is 446 g/mol. The molecule has 0 spiro atoms. The number of hydrogen-bond donors (Lipinski definition) is 2. The number of benzene rings is 2. The summed E-state index contributed by atoms with van der Waals surface area (Å²) in [6.45, 7) is 6.42. The number of anilines is 2. The van der Waals surface area contributed by atoms with Crippen LogP contribution >= 0.6 is 0 Å². The molecule has 4 amide bonds.